The maximum atomic E-state index is 12.2. The molecule has 0 radical (unpaired) electrons. The van der Waals surface area contributed by atoms with E-state index in [0.29, 0.717) is 29.7 Å². The number of rotatable bonds is 2. The molecule has 1 aliphatic carbocycles. The third-order valence-corrected chi connectivity index (χ3v) is 4.64. The predicted molar refractivity (Wildman–Crippen MR) is 79.1 cm³/mol. The summed E-state index contributed by atoms with van der Waals surface area (Å²) in [5, 5.41) is 3.53. The van der Waals surface area contributed by atoms with Crippen LogP contribution in [0.3, 0.4) is 0 Å². The lowest BCUT2D eigenvalue weighted by atomic mass is 9.63. The number of imide groups is 1. The van der Waals surface area contributed by atoms with E-state index >= 15 is 0 Å². The maximum Gasteiger partial charge on any atom is 0.246 e. The average Bonchev–Trinajstić information content (AvgIpc) is 2.26. The molecule has 0 spiro atoms. The number of amides is 2. The van der Waals surface area contributed by atoms with Gasteiger partial charge in [0.1, 0.15) is 0 Å². The largest absolute Gasteiger partial charge is 0.303 e. The van der Waals surface area contributed by atoms with Gasteiger partial charge in [-0.05, 0) is 36.5 Å². The Kier molecular flexibility index (Phi) is 3.98. The van der Waals surface area contributed by atoms with E-state index in [1.807, 2.05) is 0 Å². The van der Waals surface area contributed by atoms with E-state index in [0.717, 1.165) is 12.8 Å². The highest BCUT2D eigenvalue weighted by Gasteiger charge is 2.41. The molecular formula is C16H28N2O2. The van der Waals surface area contributed by atoms with Gasteiger partial charge in [-0.1, -0.05) is 27.7 Å². The quantitative estimate of drug-likeness (QED) is 0.790. The lowest BCUT2D eigenvalue weighted by Gasteiger charge is -2.46. The predicted octanol–water partition coefficient (Wildman–Crippen LogP) is 2.33. The van der Waals surface area contributed by atoms with Crippen LogP contribution in [0.25, 0.3) is 0 Å². The van der Waals surface area contributed by atoms with E-state index in [9.17, 15) is 9.59 Å². The molecule has 4 nitrogen and oxygen atoms in total. The van der Waals surface area contributed by atoms with E-state index in [2.05, 4.69) is 33.0 Å². The van der Waals surface area contributed by atoms with E-state index in [1.165, 1.54) is 11.3 Å². The number of piperidine rings is 1. The van der Waals surface area contributed by atoms with Crippen molar-refractivity contribution in [1.82, 2.24) is 10.2 Å². The molecule has 2 aliphatic rings. The van der Waals surface area contributed by atoms with Gasteiger partial charge in [0.2, 0.25) is 11.8 Å². The first-order valence-corrected chi connectivity index (χ1v) is 7.66. The molecule has 114 valence electrons. The van der Waals surface area contributed by atoms with Crippen molar-refractivity contribution >= 4 is 11.8 Å². The topological polar surface area (TPSA) is 49.4 Å². The summed E-state index contributed by atoms with van der Waals surface area (Å²) in [4.78, 5) is 25.0. The van der Waals surface area contributed by atoms with Crippen LogP contribution in [0.5, 0.6) is 0 Å². The molecule has 0 bridgehead atoms. The van der Waals surface area contributed by atoms with Crippen LogP contribution < -0.4 is 5.32 Å². The highest BCUT2D eigenvalue weighted by atomic mass is 16.2. The Balaban J connectivity index is 2.02. The van der Waals surface area contributed by atoms with Crippen molar-refractivity contribution in [3.63, 3.8) is 0 Å². The van der Waals surface area contributed by atoms with Crippen LogP contribution in [0, 0.1) is 10.8 Å². The van der Waals surface area contributed by atoms with Gasteiger partial charge in [-0.3, -0.25) is 14.5 Å². The number of carbonyl (C=O) groups is 2. The van der Waals surface area contributed by atoms with E-state index < -0.39 is 0 Å². The molecule has 2 amide bonds. The molecule has 2 fully saturated rings. The molecule has 1 heterocycles. The first-order chi connectivity index (χ1) is 9.10. The van der Waals surface area contributed by atoms with Gasteiger partial charge in [-0.25, -0.2) is 0 Å². The van der Waals surface area contributed by atoms with Crippen molar-refractivity contribution in [2.24, 2.45) is 10.8 Å². The van der Waals surface area contributed by atoms with Crippen LogP contribution in [-0.2, 0) is 9.59 Å². The van der Waals surface area contributed by atoms with Gasteiger partial charge < -0.3 is 5.32 Å². The summed E-state index contributed by atoms with van der Waals surface area (Å²) in [6.07, 6.45) is 4.52. The first-order valence-electron chi connectivity index (χ1n) is 7.66. The molecule has 1 atom stereocenters. The number of likely N-dealkylation sites (N-methyl/N-ethyl adjacent to an activating group) is 1. The summed E-state index contributed by atoms with van der Waals surface area (Å²) < 4.78 is 0. The minimum atomic E-state index is -0.188. The molecule has 1 unspecified atom stereocenters. The molecule has 4 heteroatoms. The number of carbonyl (C=O) groups excluding carboxylic acids is 2. The molecule has 2 rings (SSSR count). The first kappa shape index (κ1) is 15.5. The van der Waals surface area contributed by atoms with Crippen molar-refractivity contribution in [2.45, 2.75) is 71.9 Å². The minimum absolute atomic E-state index is 0.0580. The van der Waals surface area contributed by atoms with Crippen molar-refractivity contribution in [1.29, 1.82) is 0 Å². The Labute approximate surface area is 122 Å². The van der Waals surface area contributed by atoms with E-state index in [1.54, 1.807) is 7.05 Å². The monoisotopic (exact) mass is 280 g/mol. The van der Waals surface area contributed by atoms with Gasteiger partial charge in [0.15, 0.2) is 0 Å². The number of hydrogen-bond donors (Lipinski definition) is 1. The summed E-state index contributed by atoms with van der Waals surface area (Å²) in [6.45, 7) is 9.23. The van der Waals surface area contributed by atoms with Crippen molar-refractivity contribution < 1.29 is 9.59 Å². The minimum Gasteiger partial charge on any atom is -0.303 e. The normalized spacial score (nSPS) is 30.6. The third kappa shape index (κ3) is 3.40. The van der Waals surface area contributed by atoms with Gasteiger partial charge >= 0.3 is 0 Å². The van der Waals surface area contributed by atoms with Crippen LogP contribution in [0.2, 0.25) is 0 Å². The third-order valence-electron chi connectivity index (χ3n) is 4.64. The highest BCUT2D eigenvalue weighted by molar-refractivity contribution is 6.00. The molecule has 20 heavy (non-hydrogen) atoms. The number of likely N-dealkylation sites (tertiary alicyclic amines) is 1. The zero-order valence-electron chi connectivity index (χ0n) is 13.5. The van der Waals surface area contributed by atoms with Gasteiger partial charge in [0, 0.05) is 19.5 Å². The van der Waals surface area contributed by atoms with E-state index in [4.69, 9.17) is 0 Å². The summed E-state index contributed by atoms with van der Waals surface area (Å²) in [7, 11) is 1.59. The molecule has 1 N–H and O–H groups in total. The smallest absolute Gasteiger partial charge is 0.246 e. The van der Waals surface area contributed by atoms with Crippen LogP contribution in [0.15, 0.2) is 0 Å². The van der Waals surface area contributed by atoms with Crippen molar-refractivity contribution in [3.8, 4) is 0 Å². The zero-order chi connectivity index (χ0) is 15.1. The standard InChI is InChI=1S/C16H28N2O2/c1-15(2)8-11(9-16(3,4)10-15)17-12-6-7-13(19)18(5)14(12)20/h11-12,17H,6-10H2,1-5H3. The molecule has 1 saturated heterocycles. The Morgan fingerprint density at radius 2 is 1.65 bits per heavy atom. The van der Waals surface area contributed by atoms with Crippen molar-refractivity contribution in [3.05, 3.63) is 0 Å². The fraction of sp³-hybridized carbons (Fsp3) is 0.875. The Morgan fingerprint density at radius 1 is 1.10 bits per heavy atom. The fourth-order valence-electron chi connectivity index (χ4n) is 4.32. The molecular weight excluding hydrogens is 252 g/mol. The molecule has 0 aromatic rings. The second-order valence-corrected chi connectivity index (χ2v) is 8.16. The Bertz CT molecular complexity index is 399. The van der Waals surface area contributed by atoms with E-state index in [-0.39, 0.29) is 17.9 Å². The number of hydrogen-bond acceptors (Lipinski definition) is 3. The SMILES string of the molecule is CN1C(=O)CCC(NC2CC(C)(C)CC(C)(C)C2)C1=O. The zero-order valence-corrected chi connectivity index (χ0v) is 13.5. The Morgan fingerprint density at radius 3 is 2.20 bits per heavy atom. The summed E-state index contributed by atoms with van der Waals surface area (Å²) >= 11 is 0. The summed E-state index contributed by atoms with van der Waals surface area (Å²) in [5.74, 6) is -0.125. The van der Waals surface area contributed by atoms with Crippen LogP contribution >= 0.6 is 0 Å². The van der Waals surface area contributed by atoms with Crippen LogP contribution in [0.4, 0.5) is 0 Å². The molecule has 1 saturated carbocycles. The number of nitrogens with zero attached hydrogens (tertiary/aromatic N) is 1. The van der Waals surface area contributed by atoms with Crippen molar-refractivity contribution in [2.75, 3.05) is 7.05 Å². The van der Waals surface area contributed by atoms with Gasteiger partial charge in [-0.2, -0.15) is 0 Å². The molecule has 1 aliphatic heterocycles. The average molecular weight is 280 g/mol. The lowest BCUT2D eigenvalue weighted by molar-refractivity contribution is -0.148. The fourth-order valence-corrected chi connectivity index (χ4v) is 4.32. The second kappa shape index (κ2) is 5.14. The van der Waals surface area contributed by atoms with Gasteiger partial charge in [-0.15, -0.1) is 0 Å². The van der Waals surface area contributed by atoms with Gasteiger partial charge in [0.05, 0.1) is 6.04 Å². The summed E-state index contributed by atoms with van der Waals surface area (Å²) in [5.41, 5.74) is 0.609. The molecule has 0 aromatic heterocycles. The second-order valence-electron chi connectivity index (χ2n) is 8.16. The number of nitrogens with one attached hydrogen (secondary N) is 1. The lowest BCUT2D eigenvalue weighted by Crippen LogP contribution is -2.56. The highest BCUT2D eigenvalue weighted by Crippen LogP contribution is 2.45. The Hall–Kier alpha value is -0.900. The van der Waals surface area contributed by atoms with Crippen LogP contribution in [0.1, 0.15) is 59.8 Å². The molecule has 0 aromatic carbocycles. The van der Waals surface area contributed by atoms with Crippen LogP contribution in [-0.4, -0.2) is 35.8 Å². The van der Waals surface area contributed by atoms with Gasteiger partial charge in [0.25, 0.3) is 0 Å². The maximum absolute atomic E-state index is 12.2. The summed E-state index contributed by atoms with van der Waals surface area (Å²) in [6, 6.07) is 0.178.